The van der Waals surface area contributed by atoms with Crippen LogP contribution in [0.2, 0.25) is 0 Å². The zero-order valence-corrected chi connectivity index (χ0v) is 20.9. The summed E-state index contributed by atoms with van der Waals surface area (Å²) in [4.78, 5) is 41.4. The van der Waals surface area contributed by atoms with Gasteiger partial charge in [0.2, 0.25) is 5.91 Å². The van der Waals surface area contributed by atoms with Crippen molar-refractivity contribution >= 4 is 35.1 Å². The van der Waals surface area contributed by atoms with E-state index in [1.807, 2.05) is 54.6 Å². The predicted molar refractivity (Wildman–Crippen MR) is 151 cm³/mol. The monoisotopic (exact) mass is 521 g/mol. The Morgan fingerprint density at radius 1 is 0.744 bits per heavy atom. The van der Waals surface area contributed by atoms with Crippen LogP contribution in [0.15, 0.2) is 108 Å². The van der Waals surface area contributed by atoms with Crippen LogP contribution in [0.1, 0.15) is 26.3 Å². The second-order valence-electron chi connectivity index (χ2n) is 8.75. The maximum atomic E-state index is 13.3. The van der Waals surface area contributed by atoms with Gasteiger partial charge >= 0.3 is 5.97 Å². The Balaban J connectivity index is 1.53. The highest BCUT2D eigenvalue weighted by Crippen LogP contribution is 2.21. The number of nitrogens with one attached hydrogen (secondary N) is 2. The number of aliphatic imine (C=N–C) groups is 1. The number of guanidine groups is 1. The number of hydrogen-bond acceptors (Lipinski definition) is 4. The molecule has 4 aromatic carbocycles. The van der Waals surface area contributed by atoms with Crippen molar-refractivity contribution in [3.63, 3.8) is 0 Å². The number of carboxylic acids is 1. The first kappa shape index (κ1) is 26.6. The fraction of sp³-hybridized carbons (Fsp3) is 0.0667. The van der Waals surface area contributed by atoms with Crippen molar-refractivity contribution in [2.75, 3.05) is 5.32 Å². The van der Waals surface area contributed by atoms with Crippen molar-refractivity contribution in [2.24, 2.45) is 16.5 Å². The fourth-order valence-corrected chi connectivity index (χ4v) is 3.91. The summed E-state index contributed by atoms with van der Waals surface area (Å²) in [6.07, 6.45) is 0.228. The van der Waals surface area contributed by atoms with E-state index in [0.29, 0.717) is 11.4 Å². The van der Waals surface area contributed by atoms with Gasteiger partial charge in [0.15, 0.2) is 5.96 Å². The number of nitrogens with two attached hydrogens (primary N) is 2. The average molecular weight is 522 g/mol. The average Bonchev–Trinajstić information content (AvgIpc) is 2.94. The van der Waals surface area contributed by atoms with Crippen LogP contribution < -0.4 is 22.1 Å². The van der Waals surface area contributed by atoms with Crippen molar-refractivity contribution < 1.29 is 19.5 Å². The molecule has 0 saturated heterocycles. The molecule has 0 fully saturated rings. The Morgan fingerprint density at radius 3 is 1.92 bits per heavy atom. The highest BCUT2D eigenvalue weighted by atomic mass is 16.4. The fourth-order valence-electron chi connectivity index (χ4n) is 3.91. The van der Waals surface area contributed by atoms with E-state index in [2.05, 4.69) is 15.6 Å². The summed E-state index contributed by atoms with van der Waals surface area (Å²) in [5.41, 5.74) is 15.1. The topological polar surface area (TPSA) is 160 Å². The van der Waals surface area contributed by atoms with E-state index in [9.17, 15) is 14.4 Å². The van der Waals surface area contributed by atoms with Crippen molar-refractivity contribution in [3.05, 3.63) is 120 Å². The Kier molecular flexibility index (Phi) is 8.33. The van der Waals surface area contributed by atoms with Crippen molar-refractivity contribution in [3.8, 4) is 11.1 Å². The molecule has 7 N–H and O–H groups in total. The highest BCUT2D eigenvalue weighted by molar-refractivity contribution is 6.01. The van der Waals surface area contributed by atoms with Gasteiger partial charge in [-0.15, -0.1) is 0 Å². The summed E-state index contributed by atoms with van der Waals surface area (Å²) in [7, 11) is 0. The Morgan fingerprint density at radius 2 is 1.33 bits per heavy atom. The summed E-state index contributed by atoms with van der Waals surface area (Å²) in [6, 6.07) is 28.8. The van der Waals surface area contributed by atoms with Crippen LogP contribution in [-0.2, 0) is 11.2 Å². The van der Waals surface area contributed by atoms with Crippen molar-refractivity contribution in [2.45, 2.75) is 12.5 Å². The highest BCUT2D eigenvalue weighted by Gasteiger charge is 2.22. The molecule has 9 heteroatoms. The molecule has 0 aliphatic carbocycles. The SMILES string of the molecule is NC(N)=Nc1ccc(NC(=O)[C@H](Cc2ccc(-c3ccccc3)cc2)NC(=O)c2ccc(C(=O)O)cc2)cc1. The largest absolute Gasteiger partial charge is 0.478 e. The minimum atomic E-state index is -1.09. The van der Waals surface area contributed by atoms with Crippen LogP contribution in [0.3, 0.4) is 0 Å². The number of rotatable bonds is 9. The maximum Gasteiger partial charge on any atom is 0.335 e. The Labute approximate surface area is 225 Å². The first-order valence-electron chi connectivity index (χ1n) is 12.1. The smallest absolute Gasteiger partial charge is 0.335 e. The molecule has 0 heterocycles. The van der Waals surface area contributed by atoms with Gasteiger partial charge in [0.1, 0.15) is 6.04 Å². The van der Waals surface area contributed by atoms with Gasteiger partial charge in [-0.25, -0.2) is 9.79 Å². The van der Waals surface area contributed by atoms with Crippen LogP contribution in [0.25, 0.3) is 11.1 Å². The molecule has 2 amide bonds. The minimum absolute atomic E-state index is 0.0588. The summed E-state index contributed by atoms with van der Waals surface area (Å²) in [5.74, 6) is -2.10. The van der Waals surface area contributed by atoms with Crippen LogP contribution in [0.4, 0.5) is 11.4 Å². The number of carbonyl (C=O) groups is 3. The van der Waals surface area contributed by atoms with Crippen LogP contribution in [0.5, 0.6) is 0 Å². The molecule has 0 bridgehead atoms. The van der Waals surface area contributed by atoms with E-state index in [1.165, 1.54) is 24.3 Å². The quantitative estimate of drug-likeness (QED) is 0.166. The third kappa shape index (κ3) is 7.30. The van der Waals surface area contributed by atoms with Gasteiger partial charge in [-0.2, -0.15) is 0 Å². The molecule has 4 aromatic rings. The van der Waals surface area contributed by atoms with Crippen LogP contribution in [0, 0.1) is 0 Å². The first-order chi connectivity index (χ1) is 18.8. The zero-order valence-electron chi connectivity index (χ0n) is 20.9. The second kappa shape index (κ2) is 12.2. The summed E-state index contributed by atoms with van der Waals surface area (Å²) in [6.45, 7) is 0. The molecule has 9 nitrogen and oxygen atoms in total. The Hall–Kier alpha value is -5.44. The molecular formula is C30H27N5O4. The molecular weight excluding hydrogens is 494 g/mol. The number of benzene rings is 4. The molecule has 0 saturated carbocycles. The number of anilines is 1. The van der Waals surface area contributed by atoms with Gasteiger partial charge in [0.05, 0.1) is 11.3 Å². The summed E-state index contributed by atoms with van der Waals surface area (Å²) >= 11 is 0. The van der Waals surface area contributed by atoms with E-state index < -0.39 is 23.8 Å². The molecule has 196 valence electrons. The lowest BCUT2D eigenvalue weighted by Gasteiger charge is -2.19. The van der Waals surface area contributed by atoms with Crippen LogP contribution in [-0.4, -0.2) is 34.9 Å². The van der Waals surface area contributed by atoms with Gasteiger partial charge in [0, 0.05) is 17.7 Å². The van der Waals surface area contributed by atoms with Gasteiger partial charge in [0.25, 0.3) is 5.91 Å². The minimum Gasteiger partial charge on any atom is -0.478 e. The lowest BCUT2D eigenvalue weighted by atomic mass is 10.00. The Bertz CT molecular complexity index is 1480. The third-order valence-electron chi connectivity index (χ3n) is 5.91. The standard InChI is InChI=1S/C30H27N5O4/c31-30(32)34-25-16-14-24(15-17-25)33-28(37)26(35-27(36)22-10-12-23(13-11-22)29(38)39)18-19-6-8-21(9-7-19)20-4-2-1-3-5-20/h1-17,26H,18H2,(H,33,37)(H,35,36)(H,38,39)(H4,31,32,34)/t26-/m0/s1. The number of hydrogen-bond donors (Lipinski definition) is 5. The van der Waals surface area contributed by atoms with Gasteiger partial charge < -0.3 is 27.2 Å². The van der Waals surface area contributed by atoms with Gasteiger partial charge in [-0.3, -0.25) is 9.59 Å². The number of nitrogens with zero attached hydrogens (tertiary/aromatic N) is 1. The second-order valence-corrected chi connectivity index (χ2v) is 8.75. The number of amides is 2. The van der Waals surface area contributed by atoms with E-state index >= 15 is 0 Å². The summed E-state index contributed by atoms with van der Waals surface area (Å²) in [5, 5.41) is 14.7. The molecule has 1 atom stereocenters. The number of aromatic carboxylic acids is 1. The van der Waals surface area contributed by atoms with E-state index in [0.717, 1.165) is 16.7 Å². The normalized spacial score (nSPS) is 11.2. The van der Waals surface area contributed by atoms with Crippen molar-refractivity contribution in [1.29, 1.82) is 0 Å². The lowest BCUT2D eigenvalue weighted by Crippen LogP contribution is -2.45. The van der Waals surface area contributed by atoms with E-state index in [-0.39, 0.29) is 23.5 Å². The lowest BCUT2D eigenvalue weighted by molar-refractivity contribution is -0.118. The number of carbonyl (C=O) groups excluding carboxylic acids is 2. The van der Waals surface area contributed by atoms with Crippen LogP contribution >= 0.6 is 0 Å². The zero-order chi connectivity index (χ0) is 27.8. The maximum absolute atomic E-state index is 13.3. The van der Waals surface area contributed by atoms with E-state index in [1.54, 1.807) is 24.3 Å². The van der Waals surface area contributed by atoms with Crippen molar-refractivity contribution in [1.82, 2.24) is 5.32 Å². The number of carboxylic acid groups (broad SMARTS) is 1. The molecule has 0 aromatic heterocycles. The third-order valence-corrected chi connectivity index (χ3v) is 5.91. The molecule has 39 heavy (non-hydrogen) atoms. The van der Waals surface area contributed by atoms with Gasteiger partial charge in [-0.05, 0) is 65.2 Å². The molecule has 0 unspecified atom stereocenters. The molecule has 0 spiro atoms. The molecule has 4 rings (SSSR count). The van der Waals surface area contributed by atoms with Gasteiger partial charge in [-0.1, -0.05) is 54.6 Å². The predicted octanol–water partition coefficient (Wildman–Crippen LogP) is 3.94. The molecule has 0 aliphatic heterocycles. The first-order valence-corrected chi connectivity index (χ1v) is 12.1. The van der Waals surface area contributed by atoms with E-state index in [4.69, 9.17) is 16.6 Å². The molecule has 0 aliphatic rings. The summed E-state index contributed by atoms with van der Waals surface area (Å²) < 4.78 is 0. The molecule has 0 radical (unpaired) electrons.